The van der Waals surface area contributed by atoms with Gasteiger partial charge < -0.3 is 14.8 Å². The molecule has 146 valence electrons. The molecule has 0 aliphatic rings. The van der Waals surface area contributed by atoms with Gasteiger partial charge in [0.1, 0.15) is 5.01 Å². The minimum absolute atomic E-state index is 0.196. The van der Waals surface area contributed by atoms with Crippen molar-refractivity contribution < 1.29 is 14.3 Å². The monoisotopic (exact) mass is 397 g/mol. The van der Waals surface area contributed by atoms with Gasteiger partial charge in [0.15, 0.2) is 17.6 Å². The molecule has 3 aromatic rings. The van der Waals surface area contributed by atoms with Crippen LogP contribution in [0.15, 0.2) is 42.7 Å². The largest absolute Gasteiger partial charge is 0.493 e. The molecule has 1 aromatic carbocycles. The van der Waals surface area contributed by atoms with Gasteiger partial charge in [0.25, 0.3) is 5.91 Å². The highest BCUT2D eigenvalue weighted by molar-refractivity contribution is 7.15. The molecule has 0 aliphatic carbocycles. The first-order chi connectivity index (χ1) is 13.5. The molecule has 0 fully saturated rings. The number of carbonyl (C=O) groups excluding carboxylic acids is 1. The zero-order valence-corrected chi connectivity index (χ0v) is 17.2. The van der Waals surface area contributed by atoms with Gasteiger partial charge in [0, 0.05) is 22.8 Å². The van der Waals surface area contributed by atoms with Crippen molar-refractivity contribution in [1.29, 1.82) is 0 Å². The average Bonchev–Trinajstić information content (AvgIpc) is 3.08. The fraction of sp³-hybridized carbons (Fsp3) is 0.286. The van der Waals surface area contributed by atoms with Gasteiger partial charge in [-0.25, -0.2) is 4.98 Å². The van der Waals surface area contributed by atoms with Crippen LogP contribution in [0.4, 0.5) is 0 Å². The molecule has 2 aromatic heterocycles. The SMILES string of the molecule is COc1cc(C)ccc1OC(C)C(=O)NCc1sc(-c2cccnc2)nc1C. The van der Waals surface area contributed by atoms with E-state index in [4.69, 9.17) is 9.47 Å². The molecule has 2 heterocycles. The molecule has 0 spiro atoms. The number of ether oxygens (including phenoxy) is 2. The quantitative estimate of drug-likeness (QED) is 0.654. The number of nitrogens with zero attached hydrogens (tertiary/aromatic N) is 2. The highest BCUT2D eigenvalue weighted by atomic mass is 32.1. The lowest BCUT2D eigenvalue weighted by Crippen LogP contribution is -2.35. The number of nitrogens with one attached hydrogen (secondary N) is 1. The number of hydrogen-bond acceptors (Lipinski definition) is 6. The number of thiazole rings is 1. The van der Waals surface area contributed by atoms with Crippen LogP contribution in [0.5, 0.6) is 11.5 Å². The van der Waals surface area contributed by atoms with Crippen LogP contribution >= 0.6 is 11.3 Å². The second-order valence-corrected chi connectivity index (χ2v) is 7.49. The van der Waals surface area contributed by atoms with Crippen LogP contribution in [0.3, 0.4) is 0 Å². The summed E-state index contributed by atoms with van der Waals surface area (Å²) in [6.45, 7) is 6.03. The number of aryl methyl sites for hydroxylation is 2. The van der Waals surface area contributed by atoms with Gasteiger partial charge in [0.2, 0.25) is 0 Å². The summed E-state index contributed by atoms with van der Waals surface area (Å²) >= 11 is 1.55. The molecule has 1 unspecified atom stereocenters. The van der Waals surface area contributed by atoms with Crippen molar-refractivity contribution in [3.63, 3.8) is 0 Å². The van der Waals surface area contributed by atoms with Crippen molar-refractivity contribution in [2.24, 2.45) is 0 Å². The number of amides is 1. The van der Waals surface area contributed by atoms with Gasteiger partial charge in [-0.3, -0.25) is 9.78 Å². The highest BCUT2D eigenvalue weighted by Crippen LogP contribution is 2.29. The predicted octanol–water partition coefficient (Wildman–Crippen LogP) is 3.91. The second-order valence-electron chi connectivity index (χ2n) is 6.40. The van der Waals surface area contributed by atoms with Crippen molar-refractivity contribution in [3.05, 3.63) is 58.9 Å². The van der Waals surface area contributed by atoms with Crippen LogP contribution in [0.2, 0.25) is 0 Å². The fourth-order valence-electron chi connectivity index (χ4n) is 2.63. The first kappa shape index (κ1) is 19.8. The maximum atomic E-state index is 12.5. The average molecular weight is 398 g/mol. The van der Waals surface area contributed by atoms with E-state index in [9.17, 15) is 4.79 Å². The highest BCUT2D eigenvalue weighted by Gasteiger charge is 2.18. The first-order valence-electron chi connectivity index (χ1n) is 8.93. The van der Waals surface area contributed by atoms with Crippen LogP contribution in [0.25, 0.3) is 10.6 Å². The van der Waals surface area contributed by atoms with Crippen molar-refractivity contribution in [3.8, 4) is 22.1 Å². The molecule has 6 nitrogen and oxygen atoms in total. The Balaban J connectivity index is 1.62. The number of hydrogen-bond donors (Lipinski definition) is 1. The van der Waals surface area contributed by atoms with E-state index in [0.717, 1.165) is 26.7 Å². The summed E-state index contributed by atoms with van der Waals surface area (Å²) in [6.07, 6.45) is 2.86. The Morgan fingerprint density at radius 1 is 1.25 bits per heavy atom. The summed E-state index contributed by atoms with van der Waals surface area (Å²) in [5.41, 5.74) is 2.93. The molecule has 7 heteroatoms. The number of pyridine rings is 1. The number of methoxy groups -OCH3 is 1. The maximum Gasteiger partial charge on any atom is 0.261 e. The number of rotatable bonds is 7. The molecule has 0 bridgehead atoms. The van der Waals surface area contributed by atoms with E-state index in [1.165, 1.54) is 0 Å². The molecule has 1 atom stereocenters. The second kappa shape index (κ2) is 8.84. The van der Waals surface area contributed by atoms with Gasteiger partial charge in [0.05, 0.1) is 19.3 Å². The lowest BCUT2D eigenvalue weighted by atomic mass is 10.2. The summed E-state index contributed by atoms with van der Waals surface area (Å²) in [7, 11) is 1.58. The minimum Gasteiger partial charge on any atom is -0.493 e. The lowest BCUT2D eigenvalue weighted by Gasteiger charge is -2.17. The molecule has 3 rings (SSSR count). The van der Waals surface area contributed by atoms with Crippen LogP contribution in [0.1, 0.15) is 23.1 Å². The number of benzene rings is 1. The van der Waals surface area contributed by atoms with Crippen LogP contribution < -0.4 is 14.8 Å². The van der Waals surface area contributed by atoms with Crippen molar-refractivity contribution in [2.45, 2.75) is 33.4 Å². The Bertz CT molecular complexity index is 957. The molecular weight excluding hydrogens is 374 g/mol. The van der Waals surface area contributed by atoms with E-state index >= 15 is 0 Å². The zero-order valence-electron chi connectivity index (χ0n) is 16.4. The Morgan fingerprint density at radius 3 is 2.79 bits per heavy atom. The van der Waals surface area contributed by atoms with Gasteiger partial charge in [-0.2, -0.15) is 0 Å². The molecular formula is C21H23N3O3S. The van der Waals surface area contributed by atoms with E-state index in [1.807, 2.05) is 44.2 Å². The predicted molar refractivity (Wildman–Crippen MR) is 110 cm³/mol. The van der Waals surface area contributed by atoms with Gasteiger partial charge in [-0.05, 0) is 50.6 Å². The van der Waals surface area contributed by atoms with Gasteiger partial charge in [-0.15, -0.1) is 11.3 Å². The van der Waals surface area contributed by atoms with E-state index in [0.29, 0.717) is 18.0 Å². The smallest absolute Gasteiger partial charge is 0.261 e. The Kier molecular flexibility index (Phi) is 6.26. The number of aromatic nitrogens is 2. The molecule has 1 amide bonds. The Morgan fingerprint density at radius 2 is 2.07 bits per heavy atom. The molecule has 0 saturated heterocycles. The summed E-state index contributed by atoms with van der Waals surface area (Å²) in [5, 5.41) is 3.82. The molecule has 0 radical (unpaired) electrons. The van der Waals surface area contributed by atoms with Crippen LogP contribution in [-0.4, -0.2) is 29.1 Å². The lowest BCUT2D eigenvalue weighted by molar-refractivity contribution is -0.127. The third-order valence-corrected chi connectivity index (χ3v) is 5.42. The number of carbonyl (C=O) groups is 1. The van der Waals surface area contributed by atoms with Gasteiger partial charge in [-0.1, -0.05) is 6.07 Å². The van der Waals surface area contributed by atoms with Crippen molar-refractivity contribution in [2.75, 3.05) is 7.11 Å². The summed E-state index contributed by atoms with van der Waals surface area (Å²) in [6, 6.07) is 9.46. The van der Waals surface area contributed by atoms with E-state index in [-0.39, 0.29) is 5.91 Å². The van der Waals surface area contributed by atoms with Crippen molar-refractivity contribution in [1.82, 2.24) is 15.3 Å². The normalized spacial score (nSPS) is 11.7. The zero-order chi connectivity index (χ0) is 20.1. The third kappa shape index (κ3) is 4.67. The molecule has 0 saturated carbocycles. The topological polar surface area (TPSA) is 73.3 Å². The van der Waals surface area contributed by atoms with Crippen LogP contribution in [-0.2, 0) is 11.3 Å². The summed E-state index contributed by atoms with van der Waals surface area (Å²) in [5.74, 6) is 0.959. The standard InChI is InChI=1S/C21H23N3O3S/c1-13-7-8-17(18(10-13)26-4)27-15(3)20(25)23-12-19-14(2)24-21(28-19)16-6-5-9-22-11-16/h5-11,15H,12H2,1-4H3,(H,23,25). The van der Waals surface area contributed by atoms with Crippen molar-refractivity contribution >= 4 is 17.2 Å². The third-order valence-electron chi connectivity index (χ3n) is 4.22. The fourth-order valence-corrected chi connectivity index (χ4v) is 3.62. The molecule has 1 N–H and O–H groups in total. The van der Waals surface area contributed by atoms with E-state index < -0.39 is 6.10 Å². The first-order valence-corrected chi connectivity index (χ1v) is 9.75. The van der Waals surface area contributed by atoms with E-state index in [2.05, 4.69) is 15.3 Å². The van der Waals surface area contributed by atoms with Gasteiger partial charge >= 0.3 is 0 Å². The van der Waals surface area contributed by atoms with Crippen LogP contribution in [0, 0.1) is 13.8 Å². The Hall–Kier alpha value is -2.93. The minimum atomic E-state index is -0.650. The van der Waals surface area contributed by atoms with E-state index in [1.54, 1.807) is 37.8 Å². The molecule has 0 aliphatic heterocycles. The summed E-state index contributed by atoms with van der Waals surface area (Å²) < 4.78 is 11.1. The summed E-state index contributed by atoms with van der Waals surface area (Å²) in [4.78, 5) is 22.2. The maximum absolute atomic E-state index is 12.5. The Labute approximate surface area is 168 Å². The molecule has 28 heavy (non-hydrogen) atoms.